The van der Waals surface area contributed by atoms with Gasteiger partial charge in [-0.15, -0.1) is 11.3 Å². The van der Waals surface area contributed by atoms with Gasteiger partial charge in [-0.1, -0.05) is 29.5 Å². The van der Waals surface area contributed by atoms with Crippen molar-refractivity contribution in [1.82, 2.24) is 9.55 Å². The average molecular weight is 373 g/mol. The fourth-order valence-corrected chi connectivity index (χ4v) is 5.51. The van der Waals surface area contributed by atoms with Crippen molar-refractivity contribution in [3.63, 3.8) is 0 Å². The third-order valence-corrected chi connectivity index (χ3v) is 6.74. The minimum atomic E-state index is 0.0414. The summed E-state index contributed by atoms with van der Waals surface area (Å²) in [6.45, 7) is 2.19. The molecule has 2 aromatic heterocycles. The molecular formula is C19H20N2O2S2. The second kappa shape index (κ2) is 6.94. The summed E-state index contributed by atoms with van der Waals surface area (Å²) in [5.41, 5.74) is 3.27. The van der Waals surface area contributed by atoms with Crippen molar-refractivity contribution in [2.75, 3.05) is 12.4 Å². The predicted octanol–water partition coefficient (Wildman–Crippen LogP) is 3.72. The number of aromatic nitrogens is 2. The van der Waals surface area contributed by atoms with Crippen LogP contribution < -0.4 is 5.56 Å². The van der Waals surface area contributed by atoms with Crippen molar-refractivity contribution in [1.29, 1.82) is 0 Å². The topological polar surface area (TPSA) is 55.1 Å². The minimum Gasteiger partial charge on any atom is -0.396 e. The van der Waals surface area contributed by atoms with Crippen LogP contribution in [0.5, 0.6) is 0 Å². The molecule has 1 N–H and O–H groups in total. The van der Waals surface area contributed by atoms with Crippen LogP contribution in [0.2, 0.25) is 0 Å². The maximum atomic E-state index is 13.4. The molecule has 25 heavy (non-hydrogen) atoms. The molecule has 3 aromatic rings. The van der Waals surface area contributed by atoms with Crippen LogP contribution in [0.3, 0.4) is 0 Å². The van der Waals surface area contributed by atoms with E-state index in [1.807, 2.05) is 31.2 Å². The van der Waals surface area contributed by atoms with Crippen molar-refractivity contribution in [2.45, 2.75) is 37.8 Å². The molecule has 130 valence electrons. The van der Waals surface area contributed by atoms with Crippen molar-refractivity contribution >= 4 is 33.3 Å². The largest absolute Gasteiger partial charge is 0.396 e. The molecule has 1 aromatic carbocycles. The summed E-state index contributed by atoms with van der Waals surface area (Å²) in [6.07, 6.45) is 3.87. The van der Waals surface area contributed by atoms with E-state index < -0.39 is 0 Å². The van der Waals surface area contributed by atoms with E-state index in [0.29, 0.717) is 6.42 Å². The Kier molecular flexibility index (Phi) is 4.67. The summed E-state index contributed by atoms with van der Waals surface area (Å²) in [7, 11) is 0. The van der Waals surface area contributed by atoms with E-state index in [0.717, 1.165) is 51.6 Å². The van der Waals surface area contributed by atoms with Gasteiger partial charge in [0.25, 0.3) is 5.56 Å². The lowest BCUT2D eigenvalue weighted by atomic mass is 10.2. The van der Waals surface area contributed by atoms with Gasteiger partial charge in [-0.05, 0) is 50.3 Å². The highest BCUT2D eigenvalue weighted by atomic mass is 32.2. The van der Waals surface area contributed by atoms with Crippen LogP contribution in [0, 0.1) is 6.92 Å². The number of aliphatic hydroxyl groups is 1. The molecule has 6 heteroatoms. The first-order valence-electron chi connectivity index (χ1n) is 8.57. The van der Waals surface area contributed by atoms with Crippen LogP contribution in [-0.2, 0) is 12.8 Å². The molecule has 1 aliphatic carbocycles. The number of rotatable bonds is 5. The third-order valence-electron chi connectivity index (χ3n) is 4.53. The molecule has 4 rings (SSSR count). The molecule has 0 bridgehead atoms. The quantitative estimate of drug-likeness (QED) is 0.421. The van der Waals surface area contributed by atoms with Gasteiger partial charge in [0.15, 0.2) is 5.16 Å². The number of hydrogen-bond acceptors (Lipinski definition) is 5. The molecule has 0 amide bonds. The van der Waals surface area contributed by atoms with Gasteiger partial charge in [-0.3, -0.25) is 9.36 Å². The Bertz CT molecular complexity index is 974. The zero-order chi connectivity index (χ0) is 17.4. The third kappa shape index (κ3) is 3.03. The van der Waals surface area contributed by atoms with Crippen LogP contribution in [0.4, 0.5) is 0 Å². The maximum absolute atomic E-state index is 13.4. The van der Waals surface area contributed by atoms with E-state index in [2.05, 4.69) is 0 Å². The average Bonchev–Trinajstić information content (AvgIpc) is 3.17. The second-order valence-corrected chi connectivity index (χ2v) is 8.48. The molecule has 1 aliphatic rings. The summed E-state index contributed by atoms with van der Waals surface area (Å²) in [5.74, 6) is 0.741. The minimum absolute atomic E-state index is 0.0414. The molecule has 0 spiro atoms. The normalized spacial score (nSPS) is 13.5. The van der Waals surface area contributed by atoms with Crippen molar-refractivity contribution in [3.05, 3.63) is 50.6 Å². The van der Waals surface area contributed by atoms with Crippen LogP contribution in [0.1, 0.15) is 28.8 Å². The maximum Gasteiger partial charge on any atom is 0.267 e. The zero-order valence-electron chi connectivity index (χ0n) is 14.1. The number of thioether (sulfide) groups is 1. The Hall–Kier alpha value is -1.63. The van der Waals surface area contributed by atoms with E-state index in [9.17, 15) is 4.79 Å². The first-order chi connectivity index (χ1) is 12.2. The van der Waals surface area contributed by atoms with E-state index in [1.165, 1.54) is 22.2 Å². The lowest BCUT2D eigenvalue weighted by molar-refractivity contribution is 0.296. The van der Waals surface area contributed by atoms with Crippen LogP contribution in [-0.4, -0.2) is 27.0 Å². The standard InChI is InChI=1S/C19H20N2O2S2/c1-12-6-8-13(9-7-12)21-18(23)16-14-4-2-5-15(14)25-17(16)20-19(21)24-11-3-10-22/h6-9,22H,2-5,10-11H2,1H3. The Morgan fingerprint density at radius 2 is 2.08 bits per heavy atom. The van der Waals surface area contributed by atoms with Gasteiger partial charge in [-0.25, -0.2) is 4.98 Å². The number of thiophene rings is 1. The highest BCUT2D eigenvalue weighted by Gasteiger charge is 2.23. The Morgan fingerprint density at radius 3 is 2.84 bits per heavy atom. The van der Waals surface area contributed by atoms with E-state index in [-0.39, 0.29) is 12.2 Å². The van der Waals surface area contributed by atoms with Gasteiger partial charge in [0, 0.05) is 17.2 Å². The number of benzene rings is 1. The lowest BCUT2D eigenvalue weighted by Crippen LogP contribution is -2.22. The molecule has 0 saturated heterocycles. The molecule has 0 atom stereocenters. The van der Waals surface area contributed by atoms with E-state index in [4.69, 9.17) is 10.1 Å². The highest BCUT2D eigenvalue weighted by Crippen LogP contribution is 2.36. The van der Waals surface area contributed by atoms with Gasteiger partial charge >= 0.3 is 0 Å². The first kappa shape index (κ1) is 16.8. The fourth-order valence-electron chi connectivity index (χ4n) is 3.27. The van der Waals surface area contributed by atoms with E-state index in [1.54, 1.807) is 15.9 Å². The van der Waals surface area contributed by atoms with E-state index >= 15 is 0 Å². The van der Waals surface area contributed by atoms with Gasteiger partial charge in [0.2, 0.25) is 0 Å². The molecule has 0 unspecified atom stereocenters. The summed E-state index contributed by atoms with van der Waals surface area (Å²) in [6, 6.07) is 8.00. The van der Waals surface area contributed by atoms with Crippen molar-refractivity contribution in [3.8, 4) is 5.69 Å². The summed E-state index contributed by atoms with van der Waals surface area (Å²) in [4.78, 5) is 20.4. The number of hydrogen-bond donors (Lipinski definition) is 1. The van der Waals surface area contributed by atoms with Crippen LogP contribution in [0.15, 0.2) is 34.2 Å². The zero-order valence-corrected chi connectivity index (χ0v) is 15.8. The number of fused-ring (bicyclic) bond motifs is 3. The Morgan fingerprint density at radius 1 is 1.28 bits per heavy atom. The molecule has 0 aliphatic heterocycles. The number of nitrogens with zero attached hydrogens (tertiary/aromatic N) is 2. The Balaban J connectivity index is 1.92. The van der Waals surface area contributed by atoms with Crippen LogP contribution >= 0.6 is 23.1 Å². The molecule has 0 radical (unpaired) electrons. The van der Waals surface area contributed by atoms with Crippen molar-refractivity contribution < 1.29 is 5.11 Å². The van der Waals surface area contributed by atoms with Gasteiger partial charge in [0.05, 0.1) is 11.1 Å². The number of aryl methyl sites for hydroxylation is 3. The molecular weight excluding hydrogens is 352 g/mol. The molecule has 4 nitrogen and oxygen atoms in total. The van der Waals surface area contributed by atoms with Crippen LogP contribution in [0.25, 0.3) is 15.9 Å². The smallest absolute Gasteiger partial charge is 0.267 e. The predicted molar refractivity (Wildman–Crippen MR) is 104 cm³/mol. The molecule has 2 heterocycles. The Labute approximate surface area is 154 Å². The molecule has 0 fully saturated rings. The van der Waals surface area contributed by atoms with Crippen molar-refractivity contribution in [2.24, 2.45) is 0 Å². The summed E-state index contributed by atoms with van der Waals surface area (Å²) < 4.78 is 1.75. The highest BCUT2D eigenvalue weighted by molar-refractivity contribution is 7.99. The first-order valence-corrected chi connectivity index (χ1v) is 10.4. The monoisotopic (exact) mass is 372 g/mol. The van der Waals surface area contributed by atoms with Gasteiger partial charge in [-0.2, -0.15) is 0 Å². The van der Waals surface area contributed by atoms with Gasteiger partial charge in [0.1, 0.15) is 4.83 Å². The number of aliphatic hydroxyl groups excluding tert-OH is 1. The molecule has 0 saturated carbocycles. The van der Waals surface area contributed by atoms with Gasteiger partial charge < -0.3 is 5.11 Å². The second-order valence-electron chi connectivity index (χ2n) is 6.33. The lowest BCUT2D eigenvalue weighted by Gasteiger charge is -2.12. The fraction of sp³-hybridized carbons (Fsp3) is 0.368. The SMILES string of the molecule is Cc1ccc(-n2c(SCCCO)nc3sc4c(c3c2=O)CCC4)cc1. The summed E-state index contributed by atoms with van der Waals surface area (Å²) >= 11 is 3.21. The summed E-state index contributed by atoms with van der Waals surface area (Å²) in [5, 5.41) is 10.6.